The number of carbonyl (C=O) groups excluding carboxylic acids is 1. The van der Waals surface area contributed by atoms with Crippen molar-refractivity contribution < 1.29 is 9.53 Å². The Bertz CT molecular complexity index is 560. The zero-order valence-corrected chi connectivity index (χ0v) is 12.9. The van der Waals surface area contributed by atoms with E-state index in [1.54, 1.807) is 6.92 Å². The molecule has 6 heteroatoms. The molecule has 0 aliphatic carbocycles. The maximum atomic E-state index is 12.1. The molecule has 0 atom stereocenters. The number of aromatic nitrogens is 1. The Hall–Kier alpha value is -1.66. The molecule has 0 radical (unpaired) electrons. The van der Waals surface area contributed by atoms with Gasteiger partial charge in [-0.05, 0) is 20.8 Å². The minimum absolute atomic E-state index is 0.151. The van der Waals surface area contributed by atoms with Crippen LogP contribution in [-0.2, 0) is 4.74 Å². The van der Waals surface area contributed by atoms with Crippen molar-refractivity contribution in [1.29, 1.82) is 0 Å². The van der Waals surface area contributed by atoms with Gasteiger partial charge in [0.25, 0.3) is 5.91 Å². The average Bonchev–Trinajstić information content (AvgIpc) is 2.46. The fourth-order valence-electron chi connectivity index (χ4n) is 2.42. The smallest absolute Gasteiger partial charge is 0.256 e. The molecule has 2 rings (SSSR count). The minimum atomic E-state index is -0.336. The number of H-pyrrole nitrogens is 1. The van der Waals surface area contributed by atoms with Crippen molar-refractivity contribution >= 4 is 5.91 Å². The quantitative estimate of drug-likeness (QED) is 0.849. The summed E-state index contributed by atoms with van der Waals surface area (Å²) in [5.74, 6) is -0.336. The standard InChI is InChI=1S/C15H23N3O3/c1-11-8-13(19)12(9-16-11)14(20)17-10-15(2,3)18-4-6-21-7-5-18/h8-9H,4-7,10H2,1-3H3,(H,16,19)(H,17,20). The number of hydrogen-bond donors (Lipinski definition) is 2. The number of aromatic amines is 1. The molecule has 0 aromatic carbocycles. The Kier molecular flexibility index (Phi) is 4.80. The topological polar surface area (TPSA) is 74.4 Å². The van der Waals surface area contributed by atoms with Crippen molar-refractivity contribution in [2.75, 3.05) is 32.8 Å². The molecule has 1 aliphatic rings. The fourth-order valence-corrected chi connectivity index (χ4v) is 2.42. The van der Waals surface area contributed by atoms with Crippen LogP contribution >= 0.6 is 0 Å². The van der Waals surface area contributed by atoms with Gasteiger partial charge in [0, 0.05) is 43.1 Å². The molecule has 6 nitrogen and oxygen atoms in total. The van der Waals surface area contributed by atoms with E-state index in [2.05, 4.69) is 29.0 Å². The van der Waals surface area contributed by atoms with Gasteiger partial charge in [-0.25, -0.2) is 0 Å². The summed E-state index contributed by atoms with van der Waals surface area (Å²) in [7, 11) is 0. The Morgan fingerprint density at radius 1 is 1.43 bits per heavy atom. The van der Waals surface area contributed by atoms with Gasteiger partial charge in [-0.3, -0.25) is 14.5 Å². The van der Waals surface area contributed by atoms with Crippen LogP contribution in [0.5, 0.6) is 0 Å². The van der Waals surface area contributed by atoms with Crippen molar-refractivity contribution in [2.45, 2.75) is 26.3 Å². The molecule has 0 spiro atoms. The summed E-state index contributed by atoms with van der Waals surface area (Å²) in [4.78, 5) is 29.1. The Balaban J connectivity index is 1.98. The van der Waals surface area contributed by atoms with E-state index in [0.717, 1.165) is 32.0 Å². The zero-order valence-electron chi connectivity index (χ0n) is 12.9. The van der Waals surface area contributed by atoms with Gasteiger partial charge < -0.3 is 15.0 Å². The van der Waals surface area contributed by atoms with Crippen molar-refractivity contribution in [3.8, 4) is 0 Å². The van der Waals surface area contributed by atoms with E-state index in [0.29, 0.717) is 6.54 Å². The van der Waals surface area contributed by atoms with Gasteiger partial charge in [-0.2, -0.15) is 0 Å². The Morgan fingerprint density at radius 3 is 2.71 bits per heavy atom. The highest BCUT2D eigenvalue weighted by atomic mass is 16.5. The number of carbonyl (C=O) groups is 1. The van der Waals surface area contributed by atoms with Crippen molar-refractivity contribution in [3.05, 3.63) is 33.7 Å². The molecule has 2 heterocycles. The molecule has 0 unspecified atom stereocenters. The number of morpholine rings is 1. The third-order valence-electron chi connectivity index (χ3n) is 3.85. The van der Waals surface area contributed by atoms with Crippen LogP contribution in [0.4, 0.5) is 0 Å². The number of ether oxygens (including phenoxy) is 1. The number of hydrogen-bond acceptors (Lipinski definition) is 4. The molecular weight excluding hydrogens is 270 g/mol. The molecule has 0 bridgehead atoms. The molecule has 116 valence electrons. The van der Waals surface area contributed by atoms with E-state index in [1.807, 2.05) is 0 Å². The molecule has 1 fully saturated rings. The van der Waals surface area contributed by atoms with Gasteiger partial charge in [0.1, 0.15) is 5.56 Å². The largest absolute Gasteiger partial charge is 0.379 e. The first-order valence-electron chi connectivity index (χ1n) is 7.20. The summed E-state index contributed by atoms with van der Waals surface area (Å²) < 4.78 is 5.34. The molecule has 1 amide bonds. The lowest BCUT2D eigenvalue weighted by molar-refractivity contribution is -0.00923. The lowest BCUT2D eigenvalue weighted by atomic mass is 10.0. The van der Waals surface area contributed by atoms with E-state index in [4.69, 9.17) is 4.74 Å². The number of aryl methyl sites for hydroxylation is 1. The summed E-state index contributed by atoms with van der Waals surface area (Å²) in [6, 6.07) is 1.43. The molecule has 21 heavy (non-hydrogen) atoms. The Labute approximate surface area is 124 Å². The second-order valence-corrected chi connectivity index (χ2v) is 5.99. The molecule has 1 aromatic rings. The van der Waals surface area contributed by atoms with Gasteiger partial charge in [0.15, 0.2) is 5.43 Å². The summed E-state index contributed by atoms with van der Waals surface area (Å²) >= 11 is 0. The van der Waals surface area contributed by atoms with Crippen LogP contribution in [0.2, 0.25) is 0 Å². The number of rotatable bonds is 4. The highest BCUT2D eigenvalue weighted by Crippen LogP contribution is 2.15. The first-order chi connectivity index (χ1) is 9.90. The van der Waals surface area contributed by atoms with E-state index in [1.165, 1.54) is 12.3 Å². The van der Waals surface area contributed by atoms with Gasteiger partial charge >= 0.3 is 0 Å². The molecule has 1 saturated heterocycles. The summed E-state index contributed by atoms with van der Waals surface area (Å²) in [6.07, 6.45) is 1.47. The lowest BCUT2D eigenvalue weighted by Gasteiger charge is -2.40. The van der Waals surface area contributed by atoms with Crippen LogP contribution in [0.25, 0.3) is 0 Å². The predicted octanol–water partition coefficient (Wildman–Crippen LogP) is 0.524. The van der Waals surface area contributed by atoms with Crippen LogP contribution in [0.1, 0.15) is 29.9 Å². The molecule has 1 aromatic heterocycles. The van der Waals surface area contributed by atoms with Crippen LogP contribution in [-0.4, -0.2) is 54.2 Å². The van der Waals surface area contributed by atoms with Crippen molar-refractivity contribution in [3.63, 3.8) is 0 Å². The fraction of sp³-hybridized carbons (Fsp3) is 0.600. The van der Waals surface area contributed by atoms with Gasteiger partial charge in [-0.15, -0.1) is 0 Å². The third-order valence-corrected chi connectivity index (χ3v) is 3.85. The van der Waals surface area contributed by atoms with Crippen LogP contribution in [0.3, 0.4) is 0 Å². The van der Waals surface area contributed by atoms with Crippen molar-refractivity contribution in [2.24, 2.45) is 0 Å². The molecular formula is C15H23N3O3. The van der Waals surface area contributed by atoms with Crippen LogP contribution in [0.15, 0.2) is 17.1 Å². The predicted molar refractivity (Wildman–Crippen MR) is 80.6 cm³/mol. The second-order valence-electron chi connectivity index (χ2n) is 5.99. The number of pyridine rings is 1. The average molecular weight is 293 g/mol. The van der Waals surface area contributed by atoms with E-state index in [9.17, 15) is 9.59 Å². The van der Waals surface area contributed by atoms with Crippen LogP contribution in [0, 0.1) is 6.92 Å². The highest BCUT2D eigenvalue weighted by molar-refractivity contribution is 5.93. The first-order valence-corrected chi connectivity index (χ1v) is 7.20. The first kappa shape index (κ1) is 15.7. The molecule has 0 saturated carbocycles. The van der Waals surface area contributed by atoms with Crippen molar-refractivity contribution in [1.82, 2.24) is 15.2 Å². The molecule has 2 N–H and O–H groups in total. The van der Waals surface area contributed by atoms with Gasteiger partial charge in [0.2, 0.25) is 0 Å². The summed E-state index contributed by atoms with van der Waals surface area (Å²) in [5, 5.41) is 2.86. The summed E-state index contributed by atoms with van der Waals surface area (Å²) in [5.41, 5.74) is 0.466. The van der Waals surface area contributed by atoms with Gasteiger partial charge in [0.05, 0.1) is 13.2 Å². The Morgan fingerprint density at radius 2 is 2.10 bits per heavy atom. The van der Waals surface area contributed by atoms with E-state index < -0.39 is 0 Å². The molecule has 1 aliphatic heterocycles. The second kappa shape index (κ2) is 6.41. The summed E-state index contributed by atoms with van der Waals surface area (Å²) in [6.45, 7) is 9.58. The third kappa shape index (κ3) is 3.92. The zero-order chi connectivity index (χ0) is 15.5. The van der Waals surface area contributed by atoms with E-state index >= 15 is 0 Å². The number of nitrogens with zero attached hydrogens (tertiary/aromatic N) is 1. The number of nitrogens with one attached hydrogen (secondary N) is 2. The highest BCUT2D eigenvalue weighted by Gasteiger charge is 2.28. The lowest BCUT2D eigenvalue weighted by Crippen LogP contribution is -2.55. The van der Waals surface area contributed by atoms with Gasteiger partial charge in [-0.1, -0.05) is 0 Å². The normalized spacial score (nSPS) is 16.7. The maximum Gasteiger partial charge on any atom is 0.256 e. The number of amides is 1. The SMILES string of the molecule is Cc1cc(=O)c(C(=O)NCC(C)(C)N2CCOCC2)c[nH]1. The van der Waals surface area contributed by atoms with E-state index in [-0.39, 0.29) is 22.4 Å². The van der Waals surface area contributed by atoms with Crippen LogP contribution < -0.4 is 10.7 Å². The monoisotopic (exact) mass is 293 g/mol. The minimum Gasteiger partial charge on any atom is -0.379 e. The maximum absolute atomic E-state index is 12.1.